The van der Waals surface area contributed by atoms with Gasteiger partial charge in [-0.2, -0.15) is 8.42 Å². The van der Waals surface area contributed by atoms with Crippen molar-refractivity contribution in [3.05, 3.63) is 76.3 Å². The van der Waals surface area contributed by atoms with E-state index in [4.69, 9.17) is 15.2 Å². The second-order valence-electron chi connectivity index (χ2n) is 10.7. The molecule has 0 aliphatic carbocycles. The van der Waals surface area contributed by atoms with E-state index in [9.17, 15) is 27.4 Å². The van der Waals surface area contributed by atoms with Gasteiger partial charge in [0.05, 0.1) is 36.1 Å². The SMILES string of the molecule is COc1ccc2nccc([C@@H]3CN(C(C(C)(C)C(N)=O)C4(Cc5ccccc5)SC(S(=O)(=O)O)=CNC4=O)C(=O)O3)c2n1. The fourth-order valence-electron chi connectivity index (χ4n) is 5.53. The van der Waals surface area contributed by atoms with Gasteiger partial charge in [-0.15, -0.1) is 0 Å². The van der Waals surface area contributed by atoms with Gasteiger partial charge in [-0.25, -0.2) is 9.78 Å². The predicted molar refractivity (Wildman–Crippen MR) is 157 cm³/mol. The fraction of sp³-hybridized carbons (Fsp3) is 0.321. The Labute approximate surface area is 251 Å². The Hall–Kier alpha value is -4.21. The lowest BCUT2D eigenvalue weighted by molar-refractivity contribution is -0.133. The quantitative estimate of drug-likeness (QED) is 0.295. The third-order valence-electron chi connectivity index (χ3n) is 7.61. The zero-order valence-corrected chi connectivity index (χ0v) is 25.0. The summed E-state index contributed by atoms with van der Waals surface area (Å²) in [5.74, 6) is -1.22. The number of nitrogens with one attached hydrogen (secondary N) is 1. The van der Waals surface area contributed by atoms with Gasteiger partial charge in [0.25, 0.3) is 0 Å². The van der Waals surface area contributed by atoms with Crippen molar-refractivity contribution in [1.29, 1.82) is 0 Å². The van der Waals surface area contributed by atoms with Gasteiger partial charge >= 0.3 is 16.2 Å². The number of thioether (sulfide) groups is 1. The summed E-state index contributed by atoms with van der Waals surface area (Å²) >= 11 is 0.550. The molecule has 226 valence electrons. The summed E-state index contributed by atoms with van der Waals surface area (Å²) in [6.07, 6.45) is 0.515. The third kappa shape index (κ3) is 5.50. The number of cyclic esters (lactones) is 1. The Kier molecular flexibility index (Phi) is 7.83. The number of rotatable bonds is 9. The normalized spacial score (nSPS) is 21.6. The number of fused-ring (bicyclic) bond motifs is 1. The minimum atomic E-state index is -4.80. The van der Waals surface area contributed by atoms with E-state index >= 15 is 0 Å². The topological polar surface area (TPSA) is 191 Å². The van der Waals surface area contributed by atoms with E-state index in [0.717, 1.165) is 6.20 Å². The Morgan fingerprint density at radius 3 is 2.63 bits per heavy atom. The van der Waals surface area contributed by atoms with Gasteiger partial charge in [0, 0.05) is 24.0 Å². The van der Waals surface area contributed by atoms with E-state index in [1.807, 2.05) is 0 Å². The predicted octanol–water partition coefficient (Wildman–Crippen LogP) is 2.54. The van der Waals surface area contributed by atoms with Crippen LogP contribution in [-0.2, 0) is 30.9 Å². The smallest absolute Gasteiger partial charge is 0.410 e. The Balaban J connectivity index is 1.67. The number of amides is 3. The van der Waals surface area contributed by atoms with Crippen LogP contribution in [0.4, 0.5) is 4.79 Å². The first-order valence-electron chi connectivity index (χ1n) is 13.1. The fourth-order valence-corrected chi connectivity index (χ4v) is 8.01. The second-order valence-corrected chi connectivity index (χ2v) is 13.7. The Morgan fingerprint density at radius 1 is 1.26 bits per heavy atom. The minimum Gasteiger partial charge on any atom is -0.481 e. The molecular formula is C28H29N5O8S2. The van der Waals surface area contributed by atoms with Gasteiger partial charge < -0.3 is 20.5 Å². The third-order valence-corrected chi connectivity index (χ3v) is 10.4. The molecule has 1 saturated heterocycles. The van der Waals surface area contributed by atoms with Gasteiger partial charge in [-0.1, -0.05) is 42.1 Å². The van der Waals surface area contributed by atoms with Crippen LogP contribution < -0.4 is 15.8 Å². The molecule has 1 fully saturated rings. The molecule has 3 amide bonds. The molecule has 2 aromatic heterocycles. The van der Waals surface area contributed by atoms with Crippen molar-refractivity contribution in [2.75, 3.05) is 13.7 Å². The van der Waals surface area contributed by atoms with Crippen molar-refractivity contribution >= 4 is 50.8 Å². The van der Waals surface area contributed by atoms with E-state index in [1.54, 1.807) is 48.5 Å². The lowest BCUT2D eigenvalue weighted by atomic mass is 9.72. The van der Waals surface area contributed by atoms with Gasteiger partial charge in [0.1, 0.15) is 15.1 Å². The molecule has 2 aliphatic heterocycles. The molecule has 1 aromatic carbocycles. The number of hydrogen-bond acceptors (Lipinski definition) is 10. The molecule has 5 rings (SSSR count). The highest BCUT2D eigenvalue weighted by Gasteiger charge is 2.61. The highest BCUT2D eigenvalue weighted by Crippen LogP contribution is 2.50. The molecule has 43 heavy (non-hydrogen) atoms. The average molecular weight is 628 g/mol. The number of pyridine rings is 2. The molecule has 0 spiro atoms. The lowest BCUT2D eigenvalue weighted by Gasteiger charge is -2.49. The number of primary amides is 1. The monoisotopic (exact) mass is 627 g/mol. The van der Waals surface area contributed by atoms with Crippen LogP contribution in [0.2, 0.25) is 0 Å². The van der Waals surface area contributed by atoms with E-state index in [2.05, 4.69) is 15.3 Å². The number of hydrogen-bond donors (Lipinski definition) is 3. The highest BCUT2D eigenvalue weighted by atomic mass is 32.3. The second kappa shape index (κ2) is 11.1. The molecular weight excluding hydrogens is 598 g/mol. The maximum absolute atomic E-state index is 13.9. The summed E-state index contributed by atoms with van der Waals surface area (Å²) in [7, 11) is -3.34. The van der Waals surface area contributed by atoms with E-state index < -0.39 is 54.6 Å². The van der Waals surface area contributed by atoms with Crippen LogP contribution >= 0.6 is 11.8 Å². The highest BCUT2D eigenvalue weighted by molar-refractivity contribution is 8.18. The number of carbonyl (C=O) groups is 3. The van der Waals surface area contributed by atoms with Gasteiger partial charge in [-0.05, 0) is 38.0 Å². The molecule has 2 unspecified atom stereocenters. The van der Waals surface area contributed by atoms with Crippen molar-refractivity contribution in [2.24, 2.45) is 11.1 Å². The van der Waals surface area contributed by atoms with Gasteiger partial charge in [0.15, 0.2) is 0 Å². The van der Waals surface area contributed by atoms with Crippen LogP contribution in [-0.4, -0.2) is 70.2 Å². The number of methoxy groups -OCH3 is 1. The molecule has 2 aliphatic rings. The maximum atomic E-state index is 13.9. The number of nitrogens with zero attached hydrogens (tertiary/aromatic N) is 3. The molecule has 0 radical (unpaired) electrons. The maximum Gasteiger partial charge on any atom is 0.410 e. The molecule has 4 heterocycles. The zero-order chi connectivity index (χ0) is 31.2. The van der Waals surface area contributed by atoms with Crippen molar-refractivity contribution in [3.8, 4) is 5.88 Å². The Bertz CT molecular complexity index is 1750. The van der Waals surface area contributed by atoms with Crippen LogP contribution in [0, 0.1) is 5.41 Å². The number of ether oxygens (including phenoxy) is 2. The molecule has 3 atom stereocenters. The van der Waals surface area contributed by atoms with Crippen LogP contribution in [0.25, 0.3) is 11.0 Å². The van der Waals surface area contributed by atoms with Crippen LogP contribution in [0.3, 0.4) is 0 Å². The van der Waals surface area contributed by atoms with Crippen LogP contribution in [0.1, 0.15) is 31.1 Å². The lowest BCUT2D eigenvalue weighted by Crippen LogP contribution is -2.68. The largest absolute Gasteiger partial charge is 0.481 e. The minimum absolute atomic E-state index is 0.135. The summed E-state index contributed by atoms with van der Waals surface area (Å²) < 4.78 is 43.3. The molecule has 4 N–H and O–H groups in total. The van der Waals surface area contributed by atoms with Crippen molar-refractivity contribution in [2.45, 2.75) is 37.2 Å². The standard InChI is InChI=1S/C28H29N5O8S2/c1-27(2,24(29)34)23(28(13-16-7-5-4-6-8-16)25(35)31-14-21(42-28)43(37,38)39)33-15-19(41-26(33)36)17-11-12-30-18-9-10-20(40-3)32-22(17)18/h4-12,14,19,23H,13,15H2,1-3H3,(H2,29,34)(H,31,35)(H,37,38,39)/t19-,23?,28?/m0/s1. The summed E-state index contributed by atoms with van der Waals surface area (Å²) in [5, 5.41) is 2.44. The summed E-state index contributed by atoms with van der Waals surface area (Å²) in [5.41, 5.74) is 6.33. The molecule has 0 saturated carbocycles. The molecule has 15 heteroatoms. The number of carbonyl (C=O) groups excluding carboxylic acids is 3. The molecule has 3 aromatic rings. The summed E-state index contributed by atoms with van der Waals surface area (Å²) in [4.78, 5) is 50.7. The van der Waals surface area contributed by atoms with E-state index in [1.165, 1.54) is 32.1 Å². The molecule has 13 nitrogen and oxygen atoms in total. The van der Waals surface area contributed by atoms with Crippen molar-refractivity contribution in [3.63, 3.8) is 0 Å². The number of aromatic nitrogens is 2. The average Bonchev–Trinajstić information content (AvgIpc) is 3.33. The van der Waals surface area contributed by atoms with Crippen molar-refractivity contribution < 1.29 is 36.8 Å². The molecule has 0 bridgehead atoms. The summed E-state index contributed by atoms with van der Waals surface area (Å²) in [6.45, 7) is 2.80. The zero-order valence-electron chi connectivity index (χ0n) is 23.4. The van der Waals surface area contributed by atoms with E-state index in [0.29, 0.717) is 39.8 Å². The van der Waals surface area contributed by atoms with Crippen LogP contribution in [0.15, 0.2) is 65.2 Å². The van der Waals surface area contributed by atoms with Crippen molar-refractivity contribution in [1.82, 2.24) is 20.2 Å². The van der Waals surface area contributed by atoms with Gasteiger partial charge in [0.2, 0.25) is 17.7 Å². The first-order chi connectivity index (χ1) is 20.3. The van der Waals surface area contributed by atoms with E-state index in [-0.39, 0.29) is 13.0 Å². The summed E-state index contributed by atoms with van der Waals surface area (Å²) in [6, 6.07) is 12.3. The van der Waals surface area contributed by atoms with Crippen LogP contribution in [0.5, 0.6) is 5.88 Å². The first kappa shape index (κ1) is 30.3. The Morgan fingerprint density at radius 2 is 1.98 bits per heavy atom. The van der Waals surface area contributed by atoms with Gasteiger partial charge in [-0.3, -0.25) is 24.0 Å². The number of nitrogens with two attached hydrogens (primary N) is 1. The number of benzene rings is 1. The first-order valence-corrected chi connectivity index (χ1v) is 15.3.